The molecule has 0 saturated carbocycles. The third kappa shape index (κ3) is 3.31. The summed E-state index contributed by atoms with van der Waals surface area (Å²) in [5, 5.41) is 14.1. The fourth-order valence-electron chi connectivity index (χ4n) is 2.18. The molecule has 1 aliphatic rings. The Balaban J connectivity index is 2.15. The summed E-state index contributed by atoms with van der Waals surface area (Å²) in [6.45, 7) is 3.56. The zero-order chi connectivity index (χ0) is 14.5. The van der Waals surface area contributed by atoms with E-state index in [0.29, 0.717) is 19.1 Å². The number of hydrogen-bond donors (Lipinski definition) is 3. The number of nitrogens with zero attached hydrogens (tertiary/aromatic N) is 3. The van der Waals surface area contributed by atoms with Gasteiger partial charge in [-0.25, -0.2) is 10.8 Å². The number of rotatable bonds is 5. The topological polar surface area (TPSA) is 128 Å². The third-order valence-corrected chi connectivity index (χ3v) is 3.18. The van der Waals surface area contributed by atoms with Crippen LogP contribution < -0.4 is 16.6 Å². The molecule has 9 nitrogen and oxygen atoms in total. The van der Waals surface area contributed by atoms with Crippen molar-refractivity contribution in [3.8, 4) is 0 Å². The number of hydrogen-bond acceptors (Lipinski definition) is 8. The Kier molecular flexibility index (Phi) is 4.64. The van der Waals surface area contributed by atoms with E-state index in [1.54, 1.807) is 6.92 Å². The Labute approximate surface area is 116 Å². The van der Waals surface area contributed by atoms with E-state index in [9.17, 15) is 10.1 Å². The first-order valence-electron chi connectivity index (χ1n) is 6.43. The monoisotopic (exact) mass is 282 g/mol. The summed E-state index contributed by atoms with van der Waals surface area (Å²) in [5.74, 6) is 5.92. The molecule has 2 rings (SSSR count). The molecule has 1 unspecified atom stereocenters. The van der Waals surface area contributed by atoms with Gasteiger partial charge in [0.2, 0.25) is 11.8 Å². The maximum absolute atomic E-state index is 11.1. The quantitative estimate of drug-likeness (QED) is 0.411. The van der Waals surface area contributed by atoms with E-state index in [-0.39, 0.29) is 23.1 Å². The molecular weight excluding hydrogens is 264 g/mol. The maximum Gasteiger partial charge on any atom is 0.332 e. The van der Waals surface area contributed by atoms with E-state index >= 15 is 0 Å². The SMILES string of the molecule is Cc1nc(NN)nc(NCC2CCCOC2)c1[N+](=O)[O-]. The molecule has 20 heavy (non-hydrogen) atoms. The van der Waals surface area contributed by atoms with Crippen LogP contribution in [0.3, 0.4) is 0 Å². The maximum atomic E-state index is 11.1. The predicted octanol–water partition coefficient (Wildman–Crippen LogP) is 0.817. The lowest BCUT2D eigenvalue weighted by atomic mass is 10.0. The van der Waals surface area contributed by atoms with Crippen LogP contribution in [-0.4, -0.2) is 34.6 Å². The normalized spacial score (nSPS) is 18.6. The lowest BCUT2D eigenvalue weighted by Gasteiger charge is -2.22. The van der Waals surface area contributed by atoms with Crippen LogP contribution in [0, 0.1) is 23.0 Å². The summed E-state index contributed by atoms with van der Waals surface area (Å²) in [7, 11) is 0. The van der Waals surface area contributed by atoms with Gasteiger partial charge in [-0.05, 0) is 25.7 Å². The third-order valence-electron chi connectivity index (χ3n) is 3.18. The van der Waals surface area contributed by atoms with Crippen molar-refractivity contribution in [1.82, 2.24) is 9.97 Å². The van der Waals surface area contributed by atoms with Crippen molar-refractivity contribution in [2.75, 3.05) is 30.5 Å². The molecule has 110 valence electrons. The second kappa shape index (κ2) is 6.44. The summed E-state index contributed by atoms with van der Waals surface area (Å²) < 4.78 is 5.38. The standard InChI is InChI=1S/C11H18N6O3/c1-7-9(17(18)19)10(15-11(14-7)16-12)13-5-8-3-2-4-20-6-8/h8H,2-6,12H2,1H3,(H2,13,14,15,16). The number of nitrogen functional groups attached to an aromatic ring is 1. The molecule has 0 aliphatic carbocycles. The largest absolute Gasteiger partial charge is 0.381 e. The Morgan fingerprint density at radius 3 is 2.95 bits per heavy atom. The van der Waals surface area contributed by atoms with Gasteiger partial charge in [0.15, 0.2) is 0 Å². The molecule has 0 spiro atoms. The summed E-state index contributed by atoms with van der Waals surface area (Å²) >= 11 is 0. The zero-order valence-electron chi connectivity index (χ0n) is 11.3. The van der Waals surface area contributed by atoms with E-state index in [1.807, 2.05) is 0 Å². The summed E-state index contributed by atoms with van der Waals surface area (Å²) in [6.07, 6.45) is 2.04. The lowest BCUT2D eigenvalue weighted by Crippen LogP contribution is -2.25. The van der Waals surface area contributed by atoms with Gasteiger partial charge in [0.05, 0.1) is 11.5 Å². The molecule has 9 heteroatoms. The van der Waals surface area contributed by atoms with Crippen molar-refractivity contribution in [3.05, 3.63) is 15.8 Å². The molecule has 1 fully saturated rings. The number of aromatic nitrogens is 2. The minimum Gasteiger partial charge on any atom is -0.381 e. The van der Waals surface area contributed by atoms with Gasteiger partial charge in [-0.15, -0.1) is 0 Å². The lowest BCUT2D eigenvalue weighted by molar-refractivity contribution is -0.385. The molecule has 1 saturated heterocycles. The fourth-order valence-corrected chi connectivity index (χ4v) is 2.18. The van der Waals surface area contributed by atoms with E-state index in [1.165, 1.54) is 0 Å². The van der Waals surface area contributed by atoms with Crippen molar-refractivity contribution in [2.45, 2.75) is 19.8 Å². The highest BCUT2D eigenvalue weighted by atomic mass is 16.6. The van der Waals surface area contributed by atoms with Crippen molar-refractivity contribution >= 4 is 17.5 Å². The van der Waals surface area contributed by atoms with Crippen molar-refractivity contribution in [3.63, 3.8) is 0 Å². The molecule has 4 N–H and O–H groups in total. The van der Waals surface area contributed by atoms with Crippen molar-refractivity contribution < 1.29 is 9.66 Å². The van der Waals surface area contributed by atoms with Gasteiger partial charge in [0, 0.05) is 13.2 Å². The number of anilines is 2. The van der Waals surface area contributed by atoms with Crippen LogP contribution in [0.2, 0.25) is 0 Å². The Hall–Kier alpha value is -2.00. The van der Waals surface area contributed by atoms with Crippen LogP contribution in [-0.2, 0) is 4.74 Å². The van der Waals surface area contributed by atoms with Gasteiger partial charge < -0.3 is 10.1 Å². The summed E-state index contributed by atoms with van der Waals surface area (Å²) in [6, 6.07) is 0. The van der Waals surface area contributed by atoms with Gasteiger partial charge in [0.1, 0.15) is 5.69 Å². The molecule has 0 bridgehead atoms. The van der Waals surface area contributed by atoms with Gasteiger partial charge in [-0.3, -0.25) is 15.5 Å². The highest BCUT2D eigenvalue weighted by Crippen LogP contribution is 2.27. The molecule has 0 amide bonds. The van der Waals surface area contributed by atoms with Crippen LogP contribution in [0.1, 0.15) is 18.5 Å². The number of aryl methyl sites for hydroxylation is 1. The van der Waals surface area contributed by atoms with Crippen molar-refractivity contribution in [1.29, 1.82) is 0 Å². The Morgan fingerprint density at radius 1 is 1.55 bits per heavy atom. The summed E-state index contributed by atoms with van der Waals surface area (Å²) in [5.41, 5.74) is 2.44. The smallest absolute Gasteiger partial charge is 0.332 e. The van der Waals surface area contributed by atoms with Gasteiger partial charge in [-0.1, -0.05) is 0 Å². The molecule has 1 aliphatic heterocycles. The first kappa shape index (κ1) is 14.4. The number of ether oxygens (including phenoxy) is 1. The second-order valence-electron chi connectivity index (χ2n) is 4.70. The minimum absolute atomic E-state index is 0.124. The molecule has 0 radical (unpaired) electrons. The van der Waals surface area contributed by atoms with Gasteiger partial charge in [0.25, 0.3) is 0 Å². The molecular formula is C11H18N6O3. The highest BCUT2D eigenvalue weighted by Gasteiger charge is 2.23. The van der Waals surface area contributed by atoms with Crippen LogP contribution in [0.4, 0.5) is 17.5 Å². The van der Waals surface area contributed by atoms with E-state index in [2.05, 4.69) is 20.7 Å². The van der Waals surface area contributed by atoms with Crippen LogP contribution in [0.15, 0.2) is 0 Å². The Bertz CT molecular complexity index is 489. The van der Waals surface area contributed by atoms with Crippen LogP contribution >= 0.6 is 0 Å². The van der Waals surface area contributed by atoms with Gasteiger partial charge in [-0.2, -0.15) is 4.98 Å². The average Bonchev–Trinajstić information content (AvgIpc) is 2.45. The Morgan fingerprint density at radius 2 is 2.35 bits per heavy atom. The molecule has 2 heterocycles. The van der Waals surface area contributed by atoms with Crippen LogP contribution in [0.5, 0.6) is 0 Å². The number of nitro groups is 1. The second-order valence-corrected chi connectivity index (χ2v) is 4.70. The van der Waals surface area contributed by atoms with Gasteiger partial charge >= 0.3 is 5.69 Å². The number of nitrogens with two attached hydrogens (primary N) is 1. The zero-order valence-corrected chi connectivity index (χ0v) is 11.3. The minimum atomic E-state index is -0.491. The van der Waals surface area contributed by atoms with Crippen molar-refractivity contribution in [2.24, 2.45) is 11.8 Å². The average molecular weight is 282 g/mol. The highest BCUT2D eigenvalue weighted by molar-refractivity contribution is 5.60. The van der Waals surface area contributed by atoms with E-state index in [4.69, 9.17) is 10.6 Å². The first-order valence-corrected chi connectivity index (χ1v) is 6.43. The number of hydrazine groups is 1. The van der Waals surface area contributed by atoms with Crippen LogP contribution in [0.25, 0.3) is 0 Å². The molecule has 1 aromatic rings. The molecule has 1 aromatic heterocycles. The predicted molar refractivity (Wildman–Crippen MR) is 73.3 cm³/mol. The fraction of sp³-hybridized carbons (Fsp3) is 0.636. The summed E-state index contributed by atoms with van der Waals surface area (Å²) in [4.78, 5) is 18.5. The van der Waals surface area contributed by atoms with E-state index in [0.717, 1.165) is 19.4 Å². The van der Waals surface area contributed by atoms with E-state index < -0.39 is 4.92 Å². The number of nitrogens with one attached hydrogen (secondary N) is 2. The molecule has 1 atom stereocenters. The molecule has 0 aromatic carbocycles. The first-order chi connectivity index (χ1) is 9.61.